The molecule has 0 aliphatic carbocycles. The van der Waals surface area contributed by atoms with Crippen LogP contribution < -0.4 is 10.1 Å². The van der Waals surface area contributed by atoms with Gasteiger partial charge in [-0.1, -0.05) is 12.1 Å². The summed E-state index contributed by atoms with van der Waals surface area (Å²) in [7, 11) is 1.94. The molecule has 0 amide bonds. The van der Waals surface area contributed by atoms with Crippen molar-refractivity contribution in [3.8, 4) is 5.75 Å². The summed E-state index contributed by atoms with van der Waals surface area (Å²) in [6.07, 6.45) is 0. The van der Waals surface area contributed by atoms with Crippen molar-refractivity contribution in [1.29, 1.82) is 0 Å². The Bertz CT molecular complexity index is 259. The zero-order valence-corrected chi connectivity index (χ0v) is 9.45. The van der Waals surface area contributed by atoms with E-state index in [4.69, 9.17) is 9.47 Å². The number of ether oxygens (including phenoxy) is 2. The molecular weight excluding hydrogens is 190 g/mol. The van der Waals surface area contributed by atoms with Crippen LogP contribution in [0.1, 0.15) is 12.5 Å². The fraction of sp³-hybridized carbons (Fsp3) is 0.500. The molecule has 0 aliphatic rings. The Kier molecular flexibility index (Phi) is 5.81. The summed E-state index contributed by atoms with van der Waals surface area (Å²) in [5, 5.41) is 3.10. The molecule has 1 N–H and O–H groups in total. The molecule has 1 rings (SSSR count). The minimum absolute atomic E-state index is 0.610. The van der Waals surface area contributed by atoms with Gasteiger partial charge >= 0.3 is 0 Å². The highest BCUT2D eigenvalue weighted by molar-refractivity contribution is 5.27. The molecule has 0 aliphatic heterocycles. The molecule has 3 nitrogen and oxygen atoms in total. The smallest absolute Gasteiger partial charge is 0.119 e. The lowest BCUT2D eigenvalue weighted by atomic mass is 10.2. The molecule has 0 heterocycles. The van der Waals surface area contributed by atoms with E-state index in [1.807, 2.05) is 26.1 Å². The van der Waals surface area contributed by atoms with E-state index < -0.39 is 0 Å². The van der Waals surface area contributed by atoms with Crippen LogP contribution in [-0.2, 0) is 11.3 Å². The van der Waals surface area contributed by atoms with E-state index in [2.05, 4.69) is 17.4 Å². The molecule has 1 aromatic rings. The summed E-state index contributed by atoms with van der Waals surface area (Å²) in [5.41, 5.74) is 1.26. The first-order valence-corrected chi connectivity index (χ1v) is 5.31. The van der Waals surface area contributed by atoms with Gasteiger partial charge < -0.3 is 14.8 Å². The van der Waals surface area contributed by atoms with Crippen molar-refractivity contribution in [1.82, 2.24) is 5.32 Å². The molecule has 0 saturated heterocycles. The second-order valence-corrected chi connectivity index (χ2v) is 3.22. The van der Waals surface area contributed by atoms with Crippen LogP contribution >= 0.6 is 0 Å². The summed E-state index contributed by atoms with van der Waals surface area (Å²) in [5.74, 6) is 0.898. The van der Waals surface area contributed by atoms with Crippen LogP contribution in [0.25, 0.3) is 0 Å². The summed E-state index contributed by atoms with van der Waals surface area (Å²) < 4.78 is 10.7. The molecule has 0 aromatic heterocycles. The summed E-state index contributed by atoms with van der Waals surface area (Å²) in [6, 6.07) is 8.09. The molecule has 0 saturated carbocycles. The summed E-state index contributed by atoms with van der Waals surface area (Å²) >= 11 is 0. The summed E-state index contributed by atoms with van der Waals surface area (Å²) in [6.45, 7) is 4.87. The lowest BCUT2D eigenvalue weighted by molar-refractivity contribution is 0.110. The second kappa shape index (κ2) is 7.26. The molecule has 0 bridgehead atoms. The molecule has 3 heteroatoms. The quantitative estimate of drug-likeness (QED) is 0.695. The predicted octanol–water partition coefficient (Wildman–Crippen LogP) is 1.82. The number of hydrogen-bond acceptors (Lipinski definition) is 3. The standard InChI is InChI=1S/C12H19NO2/c1-3-14-8-9-15-12-6-4-11(5-7-12)10-13-2/h4-7,13H,3,8-10H2,1-2H3. The Balaban J connectivity index is 2.29. The first-order chi connectivity index (χ1) is 7.36. The average Bonchev–Trinajstić information content (AvgIpc) is 2.27. The maximum Gasteiger partial charge on any atom is 0.119 e. The van der Waals surface area contributed by atoms with Gasteiger partial charge in [0.05, 0.1) is 6.61 Å². The Morgan fingerprint density at radius 1 is 1.13 bits per heavy atom. The van der Waals surface area contributed by atoms with Crippen molar-refractivity contribution < 1.29 is 9.47 Å². The van der Waals surface area contributed by atoms with Crippen molar-refractivity contribution in [2.75, 3.05) is 26.9 Å². The van der Waals surface area contributed by atoms with Crippen LogP contribution in [0.15, 0.2) is 24.3 Å². The molecular formula is C12H19NO2. The lowest BCUT2D eigenvalue weighted by Crippen LogP contribution is -2.07. The van der Waals surface area contributed by atoms with Gasteiger partial charge in [0.2, 0.25) is 0 Å². The highest BCUT2D eigenvalue weighted by Crippen LogP contribution is 2.11. The van der Waals surface area contributed by atoms with Crippen LogP contribution in [0.2, 0.25) is 0 Å². The maximum atomic E-state index is 5.50. The van der Waals surface area contributed by atoms with Crippen molar-refractivity contribution in [3.05, 3.63) is 29.8 Å². The molecule has 1 aromatic carbocycles. The van der Waals surface area contributed by atoms with Crippen LogP contribution in [0, 0.1) is 0 Å². The van der Waals surface area contributed by atoms with Crippen molar-refractivity contribution >= 4 is 0 Å². The van der Waals surface area contributed by atoms with E-state index in [9.17, 15) is 0 Å². The fourth-order valence-electron chi connectivity index (χ4n) is 1.27. The first kappa shape index (κ1) is 12.0. The molecule has 0 spiro atoms. The SMILES string of the molecule is CCOCCOc1ccc(CNC)cc1. The molecule has 0 unspecified atom stereocenters. The van der Waals surface area contributed by atoms with Crippen molar-refractivity contribution in [2.24, 2.45) is 0 Å². The van der Waals surface area contributed by atoms with Gasteiger partial charge in [0.25, 0.3) is 0 Å². The Labute approximate surface area is 91.4 Å². The molecule has 0 radical (unpaired) electrons. The van der Waals surface area contributed by atoms with Gasteiger partial charge in [0.15, 0.2) is 0 Å². The van der Waals surface area contributed by atoms with E-state index in [1.165, 1.54) is 5.56 Å². The molecule has 0 atom stereocenters. The van der Waals surface area contributed by atoms with Crippen LogP contribution in [0.4, 0.5) is 0 Å². The van der Waals surface area contributed by atoms with Crippen molar-refractivity contribution in [2.45, 2.75) is 13.5 Å². The van der Waals surface area contributed by atoms with Gasteiger partial charge in [-0.2, -0.15) is 0 Å². The third kappa shape index (κ3) is 4.81. The zero-order chi connectivity index (χ0) is 10.9. The first-order valence-electron chi connectivity index (χ1n) is 5.31. The highest BCUT2D eigenvalue weighted by atomic mass is 16.5. The van der Waals surface area contributed by atoms with Gasteiger partial charge in [-0.3, -0.25) is 0 Å². The maximum absolute atomic E-state index is 5.50. The normalized spacial score (nSPS) is 10.3. The average molecular weight is 209 g/mol. The fourth-order valence-corrected chi connectivity index (χ4v) is 1.27. The minimum Gasteiger partial charge on any atom is -0.491 e. The topological polar surface area (TPSA) is 30.5 Å². The Morgan fingerprint density at radius 2 is 1.87 bits per heavy atom. The van der Waals surface area contributed by atoms with Crippen LogP contribution in [0.3, 0.4) is 0 Å². The zero-order valence-electron chi connectivity index (χ0n) is 9.45. The van der Waals surface area contributed by atoms with Crippen molar-refractivity contribution in [3.63, 3.8) is 0 Å². The Hall–Kier alpha value is -1.06. The highest BCUT2D eigenvalue weighted by Gasteiger charge is 1.94. The van der Waals surface area contributed by atoms with E-state index in [1.54, 1.807) is 0 Å². The van der Waals surface area contributed by atoms with Gasteiger partial charge in [-0.05, 0) is 31.7 Å². The number of hydrogen-bond donors (Lipinski definition) is 1. The predicted molar refractivity (Wildman–Crippen MR) is 61.2 cm³/mol. The summed E-state index contributed by atoms with van der Waals surface area (Å²) in [4.78, 5) is 0. The van der Waals surface area contributed by atoms with Gasteiger partial charge in [-0.15, -0.1) is 0 Å². The van der Waals surface area contributed by atoms with E-state index in [-0.39, 0.29) is 0 Å². The number of benzene rings is 1. The van der Waals surface area contributed by atoms with E-state index in [0.717, 1.165) is 18.9 Å². The molecule has 84 valence electrons. The van der Waals surface area contributed by atoms with E-state index in [0.29, 0.717) is 13.2 Å². The molecule has 15 heavy (non-hydrogen) atoms. The van der Waals surface area contributed by atoms with E-state index >= 15 is 0 Å². The number of nitrogens with one attached hydrogen (secondary N) is 1. The minimum atomic E-state index is 0.610. The third-order valence-electron chi connectivity index (χ3n) is 2.00. The van der Waals surface area contributed by atoms with Gasteiger partial charge in [0, 0.05) is 13.2 Å². The third-order valence-corrected chi connectivity index (χ3v) is 2.00. The largest absolute Gasteiger partial charge is 0.491 e. The lowest BCUT2D eigenvalue weighted by Gasteiger charge is -2.07. The molecule has 0 fully saturated rings. The van der Waals surface area contributed by atoms with Crippen LogP contribution in [0.5, 0.6) is 5.75 Å². The van der Waals surface area contributed by atoms with Gasteiger partial charge in [-0.25, -0.2) is 0 Å². The number of rotatable bonds is 7. The van der Waals surface area contributed by atoms with Crippen LogP contribution in [-0.4, -0.2) is 26.9 Å². The monoisotopic (exact) mass is 209 g/mol. The van der Waals surface area contributed by atoms with Gasteiger partial charge in [0.1, 0.15) is 12.4 Å². The second-order valence-electron chi connectivity index (χ2n) is 3.22. The Morgan fingerprint density at radius 3 is 2.47 bits per heavy atom.